The number of carbonyl (C=O) groups is 2. The lowest BCUT2D eigenvalue weighted by molar-refractivity contribution is -0.140. The normalized spacial score (nSPS) is 25.3. The predicted molar refractivity (Wildman–Crippen MR) is 113 cm³/mol. The Balaban J connectivity index is 1.81. The van der Waals surface area contributed by atoms with Gasteiger partial charge in [0.15, 0.2) is 6.61 Å². The lowest BCUT2D eigenvalue weighted by Crippen LogP contribution is -2.51. The summed E-state index contributed by atoms with van der Waals surface area (Å²) >= 11 is 0. The third-order valence-electron chi connectivity index (χ3n) is 6.47. The molecule has 1 fully saturated rings. The number of likely N-dealkylation sites (N-methyl/N-ethyl adjacent to an activating group) is 1. The number of para-hydroxylation sites is 1. The van der Waals surface area contributed by atoms with E-state index in [9.17, 15) is 19.8 Å². The molecule has 0 radical (unpaired) electrons. The Morgan fingerprint density at radius 1 is 1.17 bits per heavy atom. The van der Waals surface area contributed by atoms with E-state index >= 15 is 0 Å². The van der Waals surface area contributed by atoms with Gasteiger partial charge in [0.25, 0.3) is 5.91 Å². The molecular weight excluding hydrogens is 384 g/mol. The molecule has 1 aromatic carbocycles. The van der Waals surface area contributed by atoms with E-state index in [1.54, 1.807) is 18.0 Å². The van der Waals surface area contributed by atoms with Crippen molar-refractivity contribution in [2.75, 3.05) is 33.3 Å². The van der Waals surface area contributed by atoms with Crippen molar-refractivity contribution in [2.24, 2.45) is 11.3 Å². The number of hydrogen-bond donors (Lipinski definition) is 2. The van der Waals surface area contributed by atoms with Crippen LogP contribution >= 0.6 is 0 Å². The summed E-state index contributed by atoms with van der Waals surface area (Å²) in [6.45, 7) is 5.38. The van der Waals surface area contributed by atoms with Gasteiger partial charge < -0.3 is 24.7 Å². The van der Waals surface area contributed by atoms with Crippen LogP contribution in [-0.4, -0.2) is 77.3 Å². The minimum atomic E-state index is -0.928. The number of nitrogens with zero attached hydrogens (tertiary/aromatic N) is 2. The molecule has 7 nitrogen and oxygen atoms in total. The number of benzene rings is 1. The van der Waals surface area contributed by atoms with Gasteiger partial charge >= 0.3 is 0 Å². The lowest BCUT2D eigenvalue weighted by Gasteiger charge is -2.45. The van der Waals surface area contributed by atoms with Gasteiger partial charge in [0.1, 0.15) is 5.75 Å². The average molecular weight is 419 g/mol. The third-order valence-corrected chi connectivity index (χ3v) is 6.47. The molecular formula is C23H34N2O5. The molecule has 0 aliphatic carbocycles. The van der Waals surface area contributed by atoms with Crippen molar-refractivity contribution in [1.82, 2.24) is 9.80 Å². The maximum absolute atomic E-state index is 12.7. The summed E-state index contributed by atoms with van der Waals surface area (Å²) < 4.78 is 5.74. The second kappa shape index (κ2) is 9.35. The van der Waals surface area contributed by atoms with Crippen LogP contribution < -0.4 is 4.74 Å². The average Bonchev–Trinajstić information content (AvgIpc) is 2.72. The zero-order valence-corrected chi connectivity index (χ0v) is 18.2. The van der Waals surface area contributed by atoms with Crippen LogP contribution in [0.2, 0.25) is 0 Å². The first kappa shape index (κ1) is 22.6. The lowest BCUT2D eigenvalue weighted by atomic mass is 9.72. The molecule has 1 saturated heterocycles. The van der Waals surface area contributed by atoms with Crippen molar-refractivity contribution in [3.05, 3.63) is 29.8 Å². The zero-order valence-electron chi connectivity index (χ0n) is 18.2. The third kappa shape index (κ3) is 5.13. The number of fused-ring (bicyclic) bond motifs is 1. The minimum absolute atomic E-state index is 0.0516. The zero-order chi connectivity index (χ0) is 21.9. The Labute approximate surface area is 178 Å². The Morgan fingerprint density at radius 2 is 1.83 bits per heavy atom. The first-order valence-corrected chi connectivity index (χ1v) is 10.8. The van der Waals surface area contributed by atoms with E-state index in [1.807, 2.05) is 36.9 Å². The van der Waals surface area contributed by atoms with E-state index in [1.165, 1.54) is 0 Å². The van der Waals surface area contributed by atoms with Crippen LogP contribution in [0.4, 0.5) is 0 Å². The maximum atomic E-state index is 12.7. The van der Waals surface area contributed by atoms with E-state index in [0.29, 0.717) is 44.6 Å². The Hall–Kier alpha value is -2.12. The molecule has 2 N–H and O–H groups in total. The molecule has 0 saturated carbocycles. The van der Waals surface area contributed by atoms with Gasteiger partial charge in [-0.2, -0.15) is 0 Å². The fourth-order valence-electron chi connectivity index (χ4n) is 4.59. The molecule has 1 aromatic rings. The summed E-state index contributed by atoms with van der Waals surface area (Å²) in [6.07, 6.45) is 0.165. The van der Waals surface area contributed by atoms with Crippen LogP contribution in [0.5, 0.6) is 5.75 Å². The number of aliphatic hydroxyl groups excluding tert-OH is 2. The topological polar surface area (TPSA) is 90.3 Å². The van der Waals surface area contributed by atoms with Gasteiger partial charge in [-0.15, -0.1) is 0 Å². The van der Waals surface area contributed by atoms with Crippen LogP contribution in [0.15, 0.2) is 24.3 Å². The number of ether oxygens (including phenoxy) is 1. The van der Waals surface area contributed by atoms with E-state index < -0.39 is 12.2 Å². The van der Waals surface area contributed by atoms with Gasteiger partial charge in [0.2, 0.25) is 5.91 Å². The monoisotopic (exact) mass is 418 g/mol. The number of likely N-dealkylation sites (tertiary alicyclic amines) is 1. The van der Waals surface area contributed by atoms with E-state index in [4.69, 9.17) is 4.74 Å². The van der Waals surface area contributed by atoms with Crippen molar-refractivity contribution < 1.29 is 24.5 Å². The molecule has 2 heterocycles. The molecule has 0 aromatic heterocycles. The molecule has 2 atom stereocenters. The summed E-state index contributed by atoms with van der Waals surface area (Å²) in [5.41, 5.74) is 0.420. The Morgan fingerprint density at radius 3 is 2.50 bits per heavy atom. The molecule has 2 aliphatic heterocycles. The molecule has 0 bridgehead atoms. The first-order valence-electron chi connectivity index (χ1n) is 10.8. The number of aliphatic hydroxyl groups is 2. The summed E-state index contributed by atoms with van der Waals surface area (Å²) in [4.78, 5) is 28.6. The van der Waals surface area contributed by atoms with Gasteiger partial charge in [-0.1, -0.05) is 32.0 Å². The summed E-state index contributed by atoms with van der Waals surface area (Å²) in [5, 5.41) is 21.5. The van der Waals surface area contributed by atoms with E-state index in [-0.39, 0.29) is 36.2 Å². The number of hydrogen-bond acceptors (Lipinski definition) is 5. The van der Waals surface area contributed by atoms with Crippen molar-refractivity contribution >= 4 is 11.8 Å². The van der Waals surface area contributed by atoms with Crippen LogP contribution in [-0.2, 0) is 16.0 Å². The highest BCUT2D eigenvalue weighted by molar-refractivity contribution is 5.78. The molecule has 2 amide bonds. The molecule has 3 rings (SSSR count). The Bertz CT molecular complexity index is 758. The highest BCUT2D eigenvalue weighted by atomic mass is 16.5. The van der Waals surface area contributed by atoms with Gasteiger partial charge in [-0.05, 0) is 36.3 Å². The highest BCUT2D eigenvalue weighted by Gasteiger charge is 2.41. The van der Waals surface area contributed by atoms with Crippen molar-refractivity contribution in [1.29, 1.82) is 0 Å². The molecule has 7 heteroatoms. The maximum Gasteiger partial charge on any atom is 0.260 e. The van der Waals surface area contributed by atoms with Crippen molar-refractivity contribution in [3.63, 3.8) is 0 Å². The standard InChI is InChI=1S/C23H34N2O5/c1-16(2)22(29)25-10-8-23(9-11-25)13-19(27)18(26)12-17-6-4-5-7-20(17)30-14-21(28)24(3)15-23/h4-7,16,18-19,26-27H,8-15H2,1-3H3/t18-,19+/m0/s1. The predicted octanol–water partition coefficient (Wildman–Crippen LogP) is 1.46. The van der Waals surface area contributed by atoms with Gasteiger partial charge in [-0.25, -0.2) is 0 Å². The van der Waals surface area contributed by atoms with Crippen LogP contribution in [0, 0.1) is 11.3 Å². The second-order valence-electron chi connectivity index (χ2n) is 9.17. The summed E-state index contributed by atoms with van der Waals surface area (Å²) in [5.74, 6) is 0.513. The second-order valence-corrected chi connectivity index (χ2v) is 9.17. The molecule has 0 unspecified atom stereocenters. The molecule has 30 heavy (non-hydrogen) atoms. The van der Waals surface area contributed by atoms with Crippen LogP contribution in [0.25, 0.3) is 0 Å². The van der Waals surface area contributed by atoms with E-state index in [2.05, 4.69) is 0 Å². The van der Waals surface area contributed by atoms with Crippen LogP contribution in [0.1, 0.15) is 38.7 Å². The number of amides is 2. The molecule has 1 spiro atoms. The van der Waals surface area contributed by atoms with Crippen molar-refractivity contribution in [2.45, 2.75) is 51.7 Å². The summed E-state index contributed by atoms with van der Waals surface area (Å²) in [6, 6.07) is 7.29. The molecule has 166 valence electrons. The first-order chi connectivity index (χ1) is 14.2. The Kier molecular flexibility index (Phi) is 7.03. The number of piperidine rings is 1. The number of rotatable bonds is 1. The number of carbonyl (C=O) groups excluding carboxylic acids is 2. The largest absolute Gasteiger partial charge is 0.483 e. The molecule has 2 aliphatic rings. The van der Waals surface area contributed by atoms with E-state index in [0.717, 1.165) is 5.56 Å². The van der Waals surface area contributed by atoms with Gasteiger partial charge in [-0.3, -0.25) is 9.59 Å². The van der Waals surface area contributed by atoms with Crippen LogP contribution in [0.3, 0.4) is 0 Å². The fraction of sp³-hybridized carbons (Fsp3) is 0.652. The van der Waals surface area contributed by atoms with Gasteiger partial charge in [0.05, 0.1) is 12.2 Å². The smallest absolute Gasteiger partial charge is 0.260 e. The SMILES string of the molecule is CC(C)C(=O)N1CCC2(CC1)C[C@@H](O)[C@@H](O)Cc1ccccc1OCC(=O)N(C)C2. The quantitative estimate of drug-likeness (QED) is 0.721. The van der Waals surface area contributed by atoms with Crippen molar-refractivity contribution in [3.8, 4) is 5.75 Å². The fourth-order valence-corrected chi connectivity index (χ4v) is 4.59. The summed E-state index contributed by atoms with van der Waals surface area (Å²) in [7, 11) is 1.75. The van der Waals surface area contributed by atoms with Gasteiger partial charge in [0, 0.05) is 39.0 Å². The minimum Gasteiger partial charge on any atom is -0.483 e. The highest BCUT2D eigenvalue weighted by Crippen LogP contribution is 2.38.